The number of hydrogen-bond donors (Lipinski definition) is 2. The number of carbonyl (C=O) groups is 2. The normalized spacial score (nSPS) is 23.3. The number of aromatic hydroxyl groups is 1. The average Bonchev–Trinajstić information content (AvgIpc) is 3.49. The van der Waals surface area contributed by atoms with Gasteiger partial charge in [0, 0.05) is 17.8 Å². The zero-order valence-electron chi connectivity index (χ0n) is 33.9. The molecule has 2 aliphatic heterocycles. The van der Waals surface area contributed by atoms with Gasteiger partial charge in [0.15, 0.2) is 0 Å². The second-order valence-corrected chi connectivity index (χ2v) is 21.9. The molecule has 300 valence electrons. The lowest BCUT2D eigenvalue weighted by atomic mass is 9.58. The van der Waals surface area contributed by atoms with Crippen molar-refractivity contribution >= 4 is 49.3 Å². The molecule has 4 atom stereocenters. The summed E-state index contributed by atoms with van der Waals surface area (Å²) >= 11 is 0. The summed E-state index contributed by atoms with van der Waals surface area (Å²) in [6, 6.07) is 34.1. The van der Waals surface area contributed by atoms with E-state index in [9.17, 15) is 19.7 Å². The molecule has 1 saturated carbocycles. The zero-order chi connectivity index (χ0) is 40.4. The maximum Gasteiger partial charge on any atom is 0.455 e. The molecule has 3 aromatic carbocycles. The van der Waals surface area contributed by atoms with Gasteiger partial charge in [-0.3, -0.25) is 19.5 Å². The summed E-state index contributed by atoms with van der Waals surface area (Å²) in [7, 11) is -4.08. The molecule has 4 aromatic rings. The lowest BCUT2D eigenvalue weighted by molar-refractivity contribution is -0.143. The van der Waals surface area contributed by atoms with Gasteiger partial charge in [0.1, 0.15) is 5.75 Å². The quantitative estimate of drug-likeness (QED) is 0.0906. The fourth-order valence-corrected chi connectivity index (χ4v) is 15.0. The van der Waals surface area contributed by atoms with E-state index in [1.54, 1.807) is 23.2 Å². The largest absolute Gasteiger partial charge is 0.507 e. The molecule has 1 aromatic heterocycles. The smallest absolute Gasteiger partial charge is 0.455 e. The van der Waals surface area contributed by atoms with Gasteiger partial charge in [-0.15, -0.1) is 0 Å². The molecular weight excluding hydrogens is 739 g/mol. The third-order valence-corrected chi connectivity index (χ3v) is 18.1. The van der Waals surface area contributed by atoms with Crippen molar-refractivity contribution in [2.45, 2.75) is 95.6 Å². The number of allylic oxidation sites excluding steroid dienone is 1. The van der Waals surface area contributed by atoms with E-state index in [0.29, 0.717) is 24.8 Å². The number of aromatic nitrogens is 1. The minimum Gasteiger partial charge on any atom is -0.507 e. The first-order valence-electron chi connectivity index (χ1n) is 21.1. The Kier molecular flexibility index (Phi) is 11.7. The van der Waals surface area contributed by atoms with Crippen molar-refractivity contribution in [3.8, 4) is 5.75 Å². The second kappa shape index (κ2) is 16.9. The van der Waals surface area contributed by atoms with Crippen molar-refractivity contribution in [2.75, 3.05) is 6.61 Å². The van der Waals surface area contributed by atoms with E-state index >= 15 is 0 Å². The van der Waals surface area contributed by atoms with Crippen molar-refractivity contribution < 1.29 is 28.8 Å². The van der Waals surface area contributed by atoms with Gasteiger partial charge >= 0.3 is 7.12 Å². The first-order valence-corrected chi connectivity index (χ1v) is 23.0. The Balaban J connectivity index is 1.21. The summed E-state index contributed by atoms with van der Waals surface area (Å²) in [6.45, 7) is 7.06. The third-order valence-electron chi connectivity index (χ3n) is 13.1. The molecule has 2 N–H and O–H groups in total. The van der Waals surface area contributed by atoms with Crippen LogP contribution in [0.15, 0.2) is 120 Å². The second-order valence-electron chi connectivity index (χ2n) is 17.6. The Morgan fingerprint density at radius 2 is 1.53 bits per heavy atom. The summed E-state index contributed by atoms with van der Waals surface area (Å²) in [5, 5.41) is 24.3. The monoisotopic (exact) mass is 794 g/mol. The Morgan fingerprint density at radius 3 is 2.17 bits per heavy atom. The summed E-state index contributed by atoms with van der Waals surface area (Å²) in [5.41, 5.74) is 4.39. The van der Waals surface area contributed by atoms with Gasteiger partial charge < -0.3 is 19.2 Å². The fraction of sp³-hybridized carbons (Fsp3) is 0.396. The standard InChI is InChI=1S/C48H55BN2O6Si/c1-48(2,3)58(37-20-9-5-10-21-37,38-22-11-6-12-23-38)56-32-35-30-39-45(47(54)51(46(39)53)36-18-7-4-8-19-36)40-31-49(55)57-43(44(35)40)27-26-33(41-24-15-16-28-50-41)29-34-17-13-14-25-42(34)52/h5-6,9-17,20-25,28-29,36,39-40,43,45,52,55H,4,7-8,18-19,26-27,30-32H2,1-3H3/b33-29-/t39-,40+,43-,45-/m1/s1. The van der Waals surface area contributed by atoms with Crippen molar-refractivity contribution in [1.82, 2.24) is 9.88 Å². The number of rotatable bonds is 11. The molecule has 3 heterocycles. The van der Waals surface area contributed by atoms with Crippen LogP contribution in [-0.2, 0) is 18.7 Å². The van der Waals surface area contributed by atoms with Gasteiger partial charge in [-0.2, -0.15) is 0 Å². The van der Waals surface area contributed by atoms with E-state index in [-0.39, 0.29) is 47.5 Å². The van der Waals surface area contributed by atoms with Gasteiger partial charge in [0.05, 0.1) is 30.2 Å². The molecule has 0 bridgehead atoms. The number of para-hydroxylation sites is 1. The van der Waals surface area contributed by atoms with Crippen LogP contribution in [0, 0.1) is 17.8 Å². The van der Waals surface area contributed by atoms with Gasteiger partial charge in [0.2, 0.25) is 11.8 Å². The van der Waals surface area contributed by atoms with E-state index in [0.717, 1.165) is 54.5 Å². The molecule has 0 spiro atoms. The van der Waals surface area contributed by atoms with Crippen LogP contribution in [0.25, 0.3) is 11.6 Å². The molecule has 8 nitrogen and oxygen atoms in total. The molecule has 10 heteroatoms. The van der Waals surface area contributed by atoms with E-state index < -0.39 is 33.4 Å². The highest BCUT2D eigenvalue weighted by Gasteiger charge is 2.59. The van der Waals surface area contributed by atoms with Gasteiger partial charge in [0.25, 0.3) is 8.32 Å². The predicted molar refractivity (Wildman–Crippen MR) is 232 cm³/mol. The molecule has 58 heavy (non-hydrogen) atoms. The maximum absolute atomic E-state index is 14.6. The molecule has 0 radical (unpaired) electrons. The number of nitrogens with zero attached hydrogens (tertiary/aromatic N) is 2. The average molecular weight is 795 g/mol. The summed E-state index contributed by atoms with van der Waals surface area (Å²) in [4.78, 5) is 35.5. The Labute approximate surface area is 344 Å². The van der Waals surface area contributed by atoms with Crippen LogP contribution in [0.1, 0.15) is 83.4 Å². The number of fused-ring (bicyclic) bond motifs is 3. The highest BCUT2D eigenvalue weighted by molar-refractivity contribution is 6.99. The van der Waals surface area contributed by atoms with E-state index in [1.807, 2.05) is 48.5 Å². The van der Waals surface area contributed by atoms with Gasteiger partial charge in [-0.05, 0) is 101 Å². The van der Waals surface area contributed by atoms with Gasteiger partial charge in [-0.1, -0.05) is 125 Å². The van der Waals surface area contributed by atoms with Gasteiger partial charge in [-0.25, -0.2) is 0 Å². The molecule has 2 aliphatic carbocycles. The van der Waals surface area contributed by atoms with E-state index in [1.165, 1.54) is 10.4 Å². The van der Waals surface area contributed by atoms with Crippen molar-refractivity contribution in [1.29, 1.82) is 0 Å². The Hall–Kier alpha value is -4.61. The number of benzene rings is 3. The first kappa shape index (κ1) is 40.2. The topological polar surface area (TPSA) is 109 Å². The number of phenolic OH excluding ortho intramolecular Hbond substituents is 1. The zero-order valence-corrected chi connectivity index (χ0v) is 34.9. The predicted octanol–water partition coefficient (Wildman–Crippen LogP) is 7.81. The van der Waals surface area contributed by atoms with Crippen LogP contribution in [0.4, 0.5) is 0 Å². The Bertz CT molecular complexity index is 2110. The molecular formula is C48H55BN2O6Si. The number of likely N-dealkylation sites (tertiary alicyclic amines) is 1. The Morgan fingerprint density at radius 1 is 0.879 bits per heavy atom. The molecule has 2 saturated heterocycles. The number of pyridine rings is 1. The lowest BCUT2D eigenvalue weighted by Crippen LogP contribution is -2.66. The lowest BCUT2D eigenvalue weighted by Gasteiger charge is -2.46. The molecule has 4 aliphatic rings. The number of carbonyl (C=O) groups excluding carboxylic acids is 2. The van der Waals surface area contributed by atoms with Crippen LogP contribution in [0.2, 0.25) is 11.4 Å². The third kappa shape index (κ3) is 7.68. The number of phenols is 1. The van der Waals surface area contributed by atoms with Crippen LogP contribution < -0.4 is 10.4 Å². The minimum atomic E-state index is -2.99. The summed E-state index contributed by atoms with van der Waals surface area (Å²) in [6.07, 6.45) is 9.73. The minimum absolute atomic E-state index is 0.0653. The highest BCUT2D eigenvalue weighted by Crippen LogP contribution is 2.52. The van der Waals surface area contributed by atoms with E-state index in [2.05, 4.69) is 74.3 Å². The fourth-order valence-electron chi connectivity index (χ4n) is 10.5. The SMILES string of the molecule is CC(C)(C)[Si](OCC1=C2[C@@H](CC/C(=C/c3ccccc3O)c3ccccn3)OB(O)C[C@@H]2[C@@H]2C(=O)N(C3CCCCC3)C(=O)[C@@H]2C1)(c1ccccc1)c1ccccc1. The van der Waals surface area contributed by atoms with Crippen molar-refractivity contribution in [3.05, 3.63) is 132 Å². The van der Waals surface area contributed by atoms with Crippen LogP contribution in [-0.4, -0.2) is 66.0 Å². The molecule has 3 fully saturated rings. The summed E-state index contributed by atoms with van der Waals surface area (Å²) < 4.78 is 14.1. The summed E-state index contributed by atoms with van der Waals surface area (Å²) in [5.74, 6) is -1.39. The molecule has 2 amide bonds. The van der Waals surface area contributed by atoms with Crippen LogP contribution >= 0.6 is 0 Å². The van der Waals surface area contributed by atoms with E-state index in [4.69, 9.17) is 9.08 Å². The van der Waals surface area contributed by atoms with Crippen molar-refractivity contribution in [3.63, 3.8) is 0 Å². The number of hydrogen-bond acceptors (Lipinski definition) is 7. The number of imide groups is 1. The highest BCUT2D eigenvalue weighted by atomic mass is 28.4. The maximum atomic E-state index is 14.6. The van der Waals surface area contributed by atoms with Crippen molar-refractivity contribution in [2.24, 2.45) is 17.8 Å². The van der Waals surface area contributed by atoms with Crippen LogP contribution in [0.3, 0.4) is 0 Å². The number of amides is 2. The molecule has 8 rings (SSSR count). The van der Waals surface area contributed by atoms with Crippen LogP contribution in [0.5, 0.6) is 5.75 Å². The molecule has 0 unspecified atom stereocenters. The first-order chi connectivity index (χ1) is 28.1.